The summed E-state index contributed by atoms with van der Waals surface area (Å²) in [6, 6.07) is 6.85. The van der Waals surface area contributed by atoms with Gasteiger partial charge in [0.25, 0.3) is 5.91 Å². The maximum Gasteiger partial charge on any atom is 0.254 e. The third-order valence-electron chi connectivity index (χ3n) is 5.87. The van der Waals surface area contributed by atoms with Crippen LogP contribution in [-0.2, 0) is 10.3 Å². The number of nitrogens with zero attached hydrogens (tertiary/aromatic N) is 3. The van der Waals surface area contributed by atoms with Gasteiger partial charge < -0.3 is 24.6 Å². The van der Waals surface area contributed by atoms with Crippen LogP contribution in [0, 0.1) is 5.92 Å². The van der Waals surface area contributed by atoms with Crippen LogP contribution in [0.3, 0.4) is 0 Å². The van der Waals surface area contributed by atoms with Crippen molar-refractivity contribution in [2.24, 2.45) is 5.92 Å². The summed E-state index contributed by atoms with van der Waals surface area (Å²) >= 11 is 0. The minimum absolute atomic E-state index is 0.0427. The first-order valence-corrected chi connectivity index (χ1v) is 9.80. The second kappa shape index (κ2) is 7.18. The predicted molar refractivity (Wildman–Crippen MR) is 105 cm³/mol. The molecule has 2 N–H and O–H groups in total. The van der Waals surface area contributed by atoms with E-state index in [-0.39, 0.29) is 29.3 Å². The van der Waals surface area contributed by atoms with Crippen molar-refractivity contribution in [1.82, 2.24) is 19.8 Å². The number of imidazole rings is 1. The molecule has 2 aromatic rings. The average molecular weight is 398 g/mol. The molecule has 8 heteroatoms. The summed E-state index contributed by atoms with van der Waals surface area (Å²) < 4.78 is 7.27. The first-order valence-electron chi connectivity index (χ1n) is 9.80. The van der Waals surface area contributed by atoms with Gasteiger partial charge in [0.2, 0.25) is 5.91 Å². The second-order valence-electron chi connectivity index (χ2n) is 8.23. The largest absolute Gasteiger partial charge is 0.497 e. The van der Waals surface area contributed by atoms with Crippen molar-refractivity contribution < 1.29 is 19.4 Å². The van der Waals surface area contributed by atoms with Gasteiger partial charge in [-0.05, 0) is 24.1 Å². The molecular formula is C21H26N4O4. The van der Waals surface area contributed by atoms with Crippen LogP contribution >= 0.6 is 0 Å². The molecule has 2 aliphatic heterocycles. The zero-order valence-electron chi connectivity index (χ0n) is 16.8. The topological polar surface area (TPSA) is 96.7 Å². The van der Waals surface area contributed by atoms with Crippen molar-refractivity contribution in [2.45, 2.75) is 38.0 Å². The number of fused-ring (bicyclic) bond motifs is 2. The van der Waals surface area contributed by atoms with Crippen molar-refractivity contribution in [3.8, 4) is 5.75 Å². The Morgan fingerprint density at radius 2 is 2.10 bits per heavy atom. The van der Waals surface area contributed by atoms with Gasteiger partial charge in [-0.1, -0.05) is 19.9 Å². The number of carbonyl (C=O) groups excluding carboxylic acids is 2. The Labute approximate surface area is 169 Å². The monoisotopic (exact) mass is 398 g/mol. The number of amides is 2. The highest BCUT2D eigenvalue weighted by Crippen LogP contribution is 2.45. The van der Waals surface area contributed by atoms with E-state index in [2.05, 4.69) is 14.9 Å². The van der Waals surface area contributed by atoms with E-state index in [1.165, 1.54) is 0 Å². The first kappa shape index (κ1) is 19.4. The number of hydrogen-bond donors (Lipinski definition) is 2. The normalized spacial score (nSPS) is 20.3. The lowest BCUT2D eigenvalue weighted by atomic mass is 9.85. The molecule has 0 aliphatic carbocycles. The summed E-state index contributed by atoms with van der Waals surface area (Å²) in [5, 5.41) is 13.0. The average Bonchev–Trinajstić information content (AvgIpc) is 3.28. The summed E-state index contributed by atoms with van der Waals surface area (Å²) in [7, 11) is 1.58. The van der Waals surface area contributed by atoms with Crippen molar-refractivity contribution in [3.63, 3.8) is 0 Å². The first-order chi connectivity index (χ1) is 13.8. The Bertz CT molecular complexity index is 932. The molecule has 0 radical (unpaired) electrons. The molecule has 154 valence electrons. The Kier molecular flexibility index (Phi) is 4.82. The van der Waals surface area contributed by atoms with Gasteiger partial charge in [0.1, 0.15) is 17.7 Å². The van der Waals surface area contributed by atoms with E-state index in [4.69, 9.17) is 4.74 Å². The molecule has 29 heavy (non-hydrogen) atoms. The molecule has 1 unspecified atom stereocenters. The molecular weight excluding hydrogens is 372 g/mol. The molecule has 2 amide bonds. The number of methoxy groups -OCH3 is 1. The summed E-state index contributed by atoms with van der Waals surface area (Å²) in [6.45, 7) is 4.70. The third kappa shape index (κ3) is 3.27. The Balaban J connectivity index is 1.47. The molecule has 0 saturated carbocycles. The van der Waals surface area contributed by atoms with Crippen molar-refractivity contribution in [1.29, 1.82) is 0 Å². The number of likely N-dealkylation sites (tertiary alicyclic amines) is 1. The van der Waals surface area contributed by atoms with E-state index in [0.717, 1.165) is 5.82 Å². The number of nitrogens with one attached hydrogen (secondary N) is 1. The highest BCUT2D eigenvalue weighted by atomic mass is 16.5. The minimum Gasteiger partial charge on any atom is -0.497 e. The van der Waals surface area contributed by atoms with Crippen LogP contribution < -0.4 is 10.1 Å². The number of aromatic nitrogens is 2. The van der Waals surface area contributed by atoms with Gasteiger partial charge in [-0.15, -0.1) is 0 Å². The van der Waals surface area contributed by atoms with Gasteiger partial charge in [0.15, 0.2) is 0 Å². The van der Waals surface area contributed by atoms with E-state index in [1.807, 2.05) is 12.3 Å². The zero-order valence-corrected chi connectivity index (χ0v) is 16.8. The summed E-state index contributed by atoms with van der Waals surface area (Å²) in [4.78, 5) is 31.4. The van der Waals surface area contributed by atoms with Crippen LogP contribution in [0.5, 0.6) is 5.75 Å². The Morgan fingerprint density at radius 3 is 2.79 bits per heavy atom. The molecule has 3 heterocycles. The maximum absolute atomic E-state index is 12.9. The lowest BCUT2D eigenvalue weighted by molar-refractivity contribution is -0.132. The predicted octanol–water partition coefficient (Wildman–Crippen LogP) is 1.32. The molecule has 8 nitrogen and oxygen atoms in total. The van der Waals surface area contributed by atoms with Gasteiger partial charge in [-0.25, -0.2) is 4.98 Å². The molecule has 2 atom stereocenters. The fourth-order valence-corrected chi connectivity index (χ4v) is 4.25. The zero-order chi connectivity index (χ0) is 20.8. The molecule has 4 rings (SSSR count). The van der Waals surface area contributed by atoms with E-state index in [9.17, 15) is 14.7 Å². The number of rotatable bonds is 5. The van der Waals surface area contributed by atoms with Crippen molar-refractivity contribution in [3.05, 3.63) is 48.0 Å². The molecule has 1 aromatic carbocycles. The lowest BCUT2D eigenvalue weighted by Gasteiger charge is -2.49. The van der Waals surface area contributed by atoms with Crippen LogP contribution in [-0.4, -0.2) is 57.7 Å². The standard InChI is InChI=1S/C21H26N4O4/c1-13(2)17(26)19(27)23-16-10-21(25-8-7-22-18(16)25)11-24(12-21)20(28)14-5-4-6-15(9-14)29-3/h4-9,13,16-17,26H,10-12H2,1-3H3,(H,23,27)/t16?,17-/m1/s1. The number of carbonyl (C=O) groups is 2. The summed E-state index contributed by atoms with van der Waals surface area (Å²) in [5.41, 5.74) is 0.314. The SMILES string of the molecule is COc1cccc(C(=O)N2CC3(CC(NC(=O)[C@H](O)C(C)C)c4nccn43)C2)c1. The van der Waals surface area contributed by atoms with Crippen LogP contribution in [0.2, 0.25) is 0 Å². The molecule has 0 bridgehead atoms. The van der Waals surface area contributed by atoms with Crippen LogP contribution in [0.25, 0.3) is 0 Å². The minimum atomic E-state index is -1.05. The van der Waals surface area contributed by atoms with Gasteiger partial charge in [0.05, 0.1) is 18.7 Å². The Morgan fingerprint density at radius 1 is 1.34 bits per heavy atom. The lowest BCUT2D eigenvalue weighted by Crippen LogP contribution is -2.63. The van der Waals surface area contributed by atoms with Crippen LogP contribution in [0.1, 0.15) is 42.5 Å². The quantitative estimate of drug-likeness (QED) is 0.792. The van der Waals surface area contributed by atoms with Gasteiger partial charge in [-0.3, -0.25) is 9.59 Å². The Hall–Kier alpha value is -2.87. The molecule has 1 aromatic heterocycles. The van der Waals surface area contributed by atoms with E-state index >= 15 is 0 Å². The summed E-state index contributed by atoms with van der Waals surface area (Å²) in [6.07, 6.45) is 3.20. The van der Waals surface area contributed by atoms with Gasteiger partial charge in [-0.2, -0.15) is 0 Å². The van der Waals surface area contributed by atoms with Crippen LogP contribution in [0.4, 0.5) is 0 Å². The van der Waals surface area contributed by atoms with E-state index in [0.29, 0.717) is 30.8 Å². The van der Waals surface area contributed by atoms with E-state index in [1.54, 1.807) is 50.3 Å². The van der Waals surface area contributed by atoms with Gasteiger partial charge >= 0.3 is 0 Å². The fourth-order valence-electron chi connectivity index (χ4n) is 4.25. The number of benzene rings is 1. The van der Waals surface area contributed by atoms with Crippen molar-refractivity contribution >= 4 is 11.8 Å². The van der Waals surface area contributed by atoms with E-state index < -0.39 is 6.10 Å². The third-order valence-corrected chi connectivity index (χ3v) is 5.87. The number of aliphatic hydroxyl groups is 1. The smallest absolute Gasteiger partial charge is 0.254 e. The highest BCUT2D eigenvalue weighted by molar-refractivity contribution is 5.95. The van der Waals surface area contributed by atoms with Crippen molar-refractivity contribution in [2.75, 3.05) is 20.2 Å². The molecule has 1 saturated heterocycles. The number of aliphatic hydroxyl groups excluding tert-OH is 1. The summed E-state index contributed by atoms with van der Waals surface area (Å²) in [5.74, 6) is 0.821. The van der Waals surface area contributed by atoms with Gasteiger partial charge in [0, 0.05) is 37.5 Å². The highest BCUT2D eigenvalue weighted by Gasteiger charge is 2.54. The fraction of sp³-hybridized carbons (Fsp3) is 0.476. The van der Waals surface area contributed by atoms with Crippen LogP contribution in [0.15, 0.2) is 36.7 Å². The molecule has 1 fully saturated rings. The number of ether oxygens (including phenoxy) is 1. The second-order valence-corrected chi connectivity index (χ2v) is 8.23. The maximum atomic E-state index is 12.9. The molecule has 2 aliphatic rings. The molecule has 1 spiro atoms. The number of hydrogen-bond acceptors (Lipinski definition) is 5.